The summed E-state index contributed by atoms with van der Waals surface area (Å²) < 4.78 is 1.67. The van der Waals surface area contributed by atoms with Crippen LogP contribution in [0, 0.1) is 19.8 Å². The summed E-state index contributed by atoms with van der Waals surface area (Å²) in [6.07, 6.45) is 1.54. The van der Waals surface area contributed by atoms with Gasteiger partial charge in [-0.1, -0.05) is 11.8 Å². The van der Waals surface area contributed by atoms with Crippen molar-refractivity contribution in [3.63, 3.8) is 0 Å². The zero-order valence-corrected chi connectivity index (χ0v) is 14.8. The highest BCUT2D eigenvalue weighted by Crippen LogP contribution is 2.33. The third kappa shape index (κ3) is 3.07. The van der Waals surface area contributed by atoms with Crippen LogP contribution < -0.4 is 11.3 Å². The van der Waals surface area contributed by atoms with E-state index in [2.05, 4.69) is 4.98 Å². The number of amides is 2. The second kappa shape index (κ2) is 6.58. The van der Waals surface area contributed by atoms with Gasteiger partial charge in [-0.05, 0) is 26.7 Å². The summed E-state index contributed by atoms with van der Waals surface area (Å²) in [6, 6.07) is -0.148. The molecular formula is C16H22N4O3S. The number of nitrogens with two attached hydrogens (primary N) is 1. The maximum Gasteiger partial charge on any atom is 0.257 e. The Labute approximate surface area is 144 Å². The highest BCUT2D eigenvalue weighted by atomic mass is 32.2. The van der Waals surface area contributed by atoms with Crippen LogP contribution in [0.5, 0.6) is 0 Å². The lowest BCUT2D eigenvalue weighted by Gasteiger charge is -2.31. The second-order valence-electron chi connectivity index (χ2n) is 6.51. The Morgan fingerprint density at radius 2 is 1.96 bits per heavy atom. The average Bonchev–Trinajstić information content (AvgIpc) is 2.95. The Bertz CT molecular complexity index is 738. The zero-order chi connectivity index (χ0) is 17.4. The number of fused-ring (bicyclic) bond motifs is 1. The van der Waals surface area contributed by atoms with Crippen LogP contribution >= 0.6 is 11.8 Å². The van der Waals surface area contributed by atoms with Gasteiger partial charge in [0.1, 0.15) is 0 Å². The van der Waals surface area contributed by atoms with Crippen molar-refractivity contribution in [2.45, 2.75) is 44.3 Å². The van der Waals surface area contributed by atoms with E-state index >= 15 is 0 Å². The van der Waals surface area contributed by atoms with Crippen LogP contribution in [0.1, 0.15) is 36.6 Å². The molecule has 0 aromatic carbocycles. The van der Waals surface area contributed by atoms with Gasteiger partial charge in [0.25, 0.3) is 5.56 Å². The summed E-state index contributed by atoms with van der Waals surface area (Å²) in [7, 11) is 0. The second-order valence-corrected chi connectivity index (χ2v) is 7.49. The molecule has 2 aliphatic rings. The van der Waals surface area contributed by atoms with Crippen molar-refractivity contribution >= 4 is 23.6 Å². The average molecular weight is 350 g/mol. The van der Waals surface area contributed by atoms with Gasteiger partial charge in [0.2, 0.25) is 11.8 Å². The van der Waals surface area contributed by atoms with E-state index in [0.717, 1.165) is 5.69 Å². The first-order valence-electron chi connectivity index (χ1n) is 8.18. The molecule has 1 aromatic heterocycles. The monoisotopic (exact) mass is 350 g/mol. The van der Waals surface area contributed by atoms with Crippen LogP contribution in [0.15, 0.2) is 9.95 Å². The Morgan fingerprint density at radius 1 is 1.29 bits per heavy atom. The molecule has 0 radical (unpaired) electrons. The first-order chi connectivity index (χ1) is 11.4. The van der Waals surface area contributed by atoms with E-state index in [4.69, 9.17) is 5.73 Å². The van der Waals surface area contributed by atoms with Gasteiger partial charge in [-0.25, -0.2) is 4.98 Å². The largest absolute Gasteiger partial charge is 0.369 e. The minimum Gasteiger partial charge on any atom is -0.369 e. The number of thioether (sulfide) groups is 1. The molecule has 1 saturated heterocycles. The van der Waals surface area contributed by atoms with Crippen molar-refractivity contribution in [1.82, 2.24) is 14.5 Å². The third-order valence-electron chi connectivity index (χ3n) is 4.98. The smallest absolute Gasteiger partial charge is 0.257 e. The lowest BCUT2D eigenvalue weighted by molar-refractivity contribution is -0.135. The first kappa shape index (κ1) is 17.0. The van der Waals surface area contributed by atoms with Crippen molar-refractivity contribution in [3.8, 4) is 0 Å². The molecule has 2 amide bonds. The van der Waals surface area contributed by atoms with Gasteiger partial charge in [0.15, 0.2) is 5.16 Å². The number of likely N-dealkylation sites (tertiary alicyclic amines) is 1. The predicted molar refractivity (Wildman–Crippen MR) is 90.8 cm³/mol. The Balaban J connectivity index is 1.69. The summed E-state index contributed by atoms with van der Waals surface area (Å²) in [4.78, 5) is 42.5. The first-order valence-corrected chi connectivity index (χ1v) is 9.16. The molecule has 2 N–H and O–H groups in total. The number of carbonyl (C=O) groups is 2. The number of nitrogens with zero attached hydrogens (tertiary/aromatic N) is 3. The van der Waals surface area contributed by atoms with E-state index in [1.165, 1.54) is 11.8 Å². The summed E-state index contributed by atoms with van der Waals surface area (Å²) >= 11 is 1.53. The molecule has 1 unspecified atom stereocenters. The summed E-state index contributed by atoms with van der Waals surface area (Å²) in [6.45, 7) is 4.71. The van der Waals surface area contributed by atoms with E-state index in [-0.39, 0.29) is 29.3 Å². The molecule has 8 heteroatoms. The van der Waals surface area contributed by atoms with Gasteiger partial charge in [0.05, 0.1) is 6.04 Å². The summed E-state index contributed by atoms with van der Waals surface area (Å²) in [5, 5.41) is 0.702. The number of rotatable bonds is 3. The molecule has 1 fully saturated rings. The minimum absolute atomic E-state index is 0.0292. The quantitative estimate of drug-likeness (QED) is 0.806. The lowest BCUT2D eigenvalue weighted by Crippen LogP contribution is -2.42. The number of piperidine rings is 1. The topological polar surface area (TPSA) is 98.3 Å². The third-order valence-corrected chi connectivity index (χ3v) is 6.08. The molecule has 24 heavy (non-hydrogen) atoms. The molecule has 2 aliphatic heterocycles. The number of primary amides is 1. The Morgan fingerprint density at radius 3 is 2.58 bits per heavy atom. The molecule has 0 bridgehead atoms. The fourth-order valence-electron chi connectivity index (χ4n) is 3.27. The van der Waals surface area contributed by atoms with Crippen LogP contribution in [-0.4, -0.2) is 45.1 Å². The molecule has 7 nitrogen and oxygen atoms in total. The van der Waals surface area contributed by atoms with E-state index in [1.807, 2.05) is 6.92 Å². The van der Waals surface area contributed by atoms with Crippen LogP contribution in [0.2, 0.25) is 0 Å². The zero-order valence-electron chi connectivity index (χ0n) is 13.9. The number of hydrogen-bond acceptors (Lipinski definition) is 5. The van der Waals surface area contributed by atoms with Crippen molar-refractivity contribution in [1.29, 1.82) is 0 Å². The molecule has 0 saturated carbocycles. The number of carbonyl (C=O) groups excluding carboxylic acids is 2. The Hall–Kier alpha value is -1.83. The van der Waals surface area contributed by atoms with Crippen LogP contribution in [0.25, 0.3) is 0 Å². The predicted octanol–water partition coefficient (Wildman–Crippen LogP) is 0.621. The van der Waals surface area contributed by atoms with Gasteiger partial charge in [-0.15, -0.1) is 0 Å². The van der Waals surface area contributed by atoms with Gasteiger partial charge < -0.3 is 10.6 Å². The van der Waals surface area contributed by atoms with E-state index in [1.54, 1.807) is 16.4 Å². The van der Waals surface area contributed by atoms with Crippen molar-refractivity contribution in [2.24, 2.45) is 11.7 Å². The molecule has 0 aliphatic carbocycles. The lowest BCUT2D eigenvalue weighted by atomic mass is 9.96. The van der Waals surface area contributed by atoms with Crippen molar-refractivity contribution in [2.75, 3.05) is 18.8 Å². The van der Waals surface area contributed by atoms with Gasteiger partial charge in [-0.3, -0.25) is 19.0 Å². The fourth-order valence-corrected chi connectivity index (χ4v) is 4.45. The molecule has 130 valence electrons. The van der Waals surface area contributed by atoms with E-state index < -0.39 is 0 Å². The minimum atomic E-state index is -0.285. The number of hydrogen-bond donors (Lipinski definition) is 1. The van der Waals surface area contributed by atoms with Gasteiger partial charge in [-0.2, -0.15) is 0 Å². The van der Waals surface area contributed by atoms with Gasteiger partial charge >= 0.3 is 0 Å². The van der Waals surface area contributed by atoms with Crippen molar-refractivity contribution < 1.29 is 9.59 Å². The van der Waals surface area contributed by atoms with Crippen molar-refractivity contribution in [3.05, 3.63) is 21.6 Å². The SMILES string of the molecule is Cc1nc2n(c(=O)c1C)C(CC(=O)N1CCC(C(N)=O)CC1)CS2. The van der Waals surface area contributed by atoms with Crippen LogP contribution in [0.4, 0.5) is 0 Å². The van der Waals surface area contributed by atoms with E-state index in [9.17, 15) is 14.4 Å². The molecular weight excluding hydrogens is 328 g/mol. The van der Waals surface area contributed by atoms with E-state index in [0.29, 0.717) is 48.8 Å². The van der Waals surface area contributed by atoms with Gasteiger partial charge in [0, 0.05) is 42.4 Å². The highest BCUT2D eigenvalue weighted by Gasteiger charge is 2.32. The van der Waals surface area contributed by atoms with Crippen LogP contribution in [-0.2, 0) is 9.59 Å². The molecule has 1 aromatic rings. The van der Waals surface area contributed by atoms with Crippen LogP contribution in [0.3, 0.4) is 0 Å². The number of aromatic nitrogens is 2. The normalized spacial score (nSPS) is 20.9. The molecule has 3 heterocycles. The molecule has 3 rings (SSSR count). The maximum atomic E-state index is 12.6. The fraction of sp³-hybridized carbons (Fsp3) is 0.625. The summed E-state index contributed by atoms with van der Waals surface area (Å²) in [5.41, 5.74) is 6.67. The number of aryl methyl sites for hydroxylation is 1. The molecule has 0 spiro atoms. The highest BCUT2D eigenvalue weighted by molar-refractivity contribution is 7.99. The maximum absolute atomic E-state index is 12.6. The Kier molecular flexibility index (Phi) is 4.67. The standard InChI is InChI=1S/C16H22N4O3S/c1-9-10(2)18-16-20(15(9)23)12(8-24-16)7-13(21)19-5-3-11(4-6-19)14(17)22/h11-12H,3-8H2,1-2H3,(H2,17,22). The molecule has 1 atom stereocenters. The summed E-state index contributed by atoms with van der Waals surface area (Å²) in [5.74, 6) is 0.302.